The van der Waals surface area contributed by atoms with E-state index in [1.807, 2.05) is 13.8 Å². The first-order chi connectivity index (χ1) is 10.8. The zero-order valence-electron chi connectivity index (χ0n) is 13.1. The Morgan fingerprint density at radius 2 is 1.78 bits per heavy atom. The number of rotatable bonds is 8. The molecule has 0 fully saturated rings. The van der Waals surface area contributed by atoms with E-state index in [0.717, 1.165) is 4.47 Å². The third kappa shape index (κ3) is 7.27. The molecule has 0 unspecified atom stereocenters. The van der Waals surface area contributed by atoms with Crippen molar-refractivity contribution in [2.75, 3.05) is 6.54 Å². The molecule has 0 saturated heterocycles. The summed E-state index contributed by atoms with van der Waals surface area (Å²) in [4.78, 5) is 34.7. The smallest absolute Gasteiger partial charge is 0.326 e. The first-order valence-electron chi connectivity index (χ1n) is 7.35. The van der Waals surface area contributed by atoms with Crippen molar-refractivity contribution in [2.45, 2.75) is 32.7 Å². The molecule has 0 aliphatic heterocycles. The van der Waals surface area contributed by atoms with E-state index in [0.29, 0.717) is 12.0 Å². The molecule has 0 bridgehead atoms. The lowest BCUT2D eigenvalue weighted by Gasteiger charge is -2.16. The van der Waals surface area contributed by atoms with Crippen LogP contribution < -0.4 is 10.6 Å². The van der Waals surface area contributed by atoms with Gasteiger partial charge < -0.3 is 15.7 Å². The molecule has 0 aliphatic carbocycles. The van der Waals surface area contributed by atoms with Crippen molar-refractivity contribution in [1.29, 1.82) is 0 Å². The van der Waals surface area contributed by atoms with Gasteiger partial charge >= 0.3 is 5.97 Å². The zero-order chi connectivity index (χ0) is 17.4. The Labute approximate surface area is 143 Å². The lowest BCUT2D eigenvalue weighted by molar-refractivity contribution is -0.142. The van der Waals surface area contributed by atoms with Crippen molar-refractivity contribution >= 4 is 33.7 Å². The van der Waals surface area contributed by atoms with Gasteiger partial charge in [-0.05, 0) is 36.6 Å². The largest absolute Gasteiger partial charge is 0.480 e. The SMILES string of the molecule is CC(C)C[C@H](NC(=O)CCNC(=O)c1ccc(Br)cc1)C(=O)O. The number of carbonyl (C=O) groups excluding carboxylic acids is 2. The van der Waals surface area contributed by atoms with Gasteiger partial charge in [0.2, 0.25) is 5.91 Å². The molecule has 0 heterocycles. The summed E-state index contributed by atoms with van der Waals surface area (Å²) >= 11 is 3.29. The number of halogens is 1. The zero-order valence-corrected chi connectivity index (χ0v) is 14.7. The Hall–Kier alpha value is -1.89. The third-order valence-electron chi connectivity index (χ3n) is 3.08. The molecule has 0 radical (unpaired) electrons. The number of amides is 2. The molecule has 23 heavy (non-hydrogen) atoms. The standard InChI is InChI=1S/C16H21BrN2O4/c1-10(2)9-13(16(22)23)19-14(20)7-8-18-15(21)11-3-5-12(17)6-4-11/h3-6,10,13H,7-9H2,1-2H3,(H,18,21)(H,19,20)(H,22,23)/t13-/m0/s1. The average molecular weight is 385 g/mol. The number of hydrogen-bond donors (Lipinski definition) is 3. The van der Waals surface area contributed by atoms with E-state index in [9.17, 15) is 14.4 Å². The van der Waals surface area contributed by atoms with E-state index in [1.165, 1.54) is 0 Å². The summed E-state index contributed by atoms with van der Waals surface area (Å²) in [6.45, 7) is 3.93. The summed E-state index contributed by atoms with van der Waals surface area (Å²) in [7, 11) is 0. The van der Waals surface area contributed by atoms with E-state index in [2.05, 4.69) is 26.6 Å². The van der Waals surface area contributed by atoms with Crippen molar-refractivity contribution in [3.8, 4) is 0 Å². The van der Waals surface area contributed by atoms with Crippen LogP contribution in [0.4, 0.5) is 0 Å². The minimum atomic E-state index is -1.05. The second kappa shape index (κ2) is 9.29. The number of nitrogens with one attached hydrogen (secondary N) is 2. The molecule has 3 N–H and O–H groups in total. The minimum absolute atomic E-state index is 0.0319. The molecular formula is C16H21BrN2O4. The van der Waals surface area contributed by atoms with Crippen LogP contribution in [0, 0.1) is 5.92 Å². The summed E-state index contributed by atoms with van der Waals surface area (Å²) in [6, 6.07) is 5.95. The number of carboxylic acid groups (broad SMARTS) is 1. The maximum absolute atomic E-state index is 11.9. The van der Waals surface area contributed by atoms with Crippen LogP contribution in [0.25, 0.3) is 0 Å². The fraction of sp³-hybridized carbons (Fsp3) is 0.438. The first-order valence-corrected chi connectivity index (χ1v) is 8.14. The second-order valence-corrected chi connectivity index (χ2v) is 6.52. The number of benzene rings is 1. The molecule has 1 aromatic rings. The molecule has 0 spiro atoms. The maximum Gasteiger partial charge on any atom is 0.326 e. The molecule has 0 aliphatic rings. The molecule has 7 heteroatoms. The van der Waals surface area contributed by atoms with Crippen molar-refractivity contribution in [3.05, 3.63) is 34.3 Å². The van der Waals surface area contributed by atoms with Gasteiger partial charge in [0.1, 0.15) is 6.04 Å². The topological polar surface area (TPSA) is 95.5 Å². The Morgan fingerprint density at radius 3 is 2.30 bits per heavy atom. The normalized spacial score (nSPS) is 11.8. The number of aliphatic carboxylic acids is 1. The van der Waals surface area contributed by atoms with Gasteiger partial charge in [-0.1, -0.05) is 29.8 Å². The van der Waals surface area contributed by atoms with Crippen molar-refractivity contribution in [1.82, 2.24) is 10.6 Å². The fourth-order valence-corrected chi connectivity index (χ4v) is 2.22. The van der Waals surface area contributed by atoms with Crippen molar-refractivity contribution in [3.63, 3.8) is 0 Å². The van der Waals surface area contributed by atoms with Gasteiger partial charge in [-0.25, -0.2) is 4.79 Å². The summed E-state index contributed by atoms with van der Waals surface area (Å²) in [5, 5.41) is 14.2. The first kappa shape index (κ1) is 19.2. The van der Waals surface area contributed by atoms with Crippen LogP contribution in [0.3, 0.4) is 0 Å². The summed E-state index contributed by atoms with van der Waals surface area (Å²) in [5.41, 5.74) is 0.497. The van der Waals surface area contributed by atoms with Gasteiger partial charge in [-0.3, -0.25) is 9.59 Å². The molecule has 1 rings (SSSR count). The third-order valence-corrected chi connectivity index (χ3v) is 3.61. The number of carbonyl (C=O) groups is 3. The van der Waals surface area contributed by atoms with Gasteiger partial charge in [0, 0.05) is 23.0 Å². The Bertz CT molecular complexity index is 558. The van der Waals surface area contributed by atoms with Gasteiger partial charge in [0.15, 0.2) is 0 Å². The average Bonchev–Trinajstić information content (AvgIpc) is 2.46. The van der Waals surface area contributed by atoms with Crippen molar-refractivity contribution in [2.24, 2.45) is 5.92 Å². The molecule has 2 amide bonds. The van der Waals surface area contributed by atoms with Crippen LogP contribution in [0.15, 0.2) is 28.7 Å². The molecular weight excluding hydrogens is 364 g/mol. The lowest BCUT2D eigenvalue weighted by atomic mass is 10.0. The van der Waals surface area contributed by atoms with Crippen LogP contribution >= 0.6 is 15.9 Å². The van der Waals surface area contributed by atoms with E-state index in [-0.39, 0.29) is 24.8 Å². The van der Waals surface area contributed by atoms with Gasteiger partial charge in [-0.15, -0.1) is 0 Å². The van der Waals surface area contributed by atoms with Crippen LogP contribution in [0.2, 0.25) is 0 Å². The molecule has 1 atom stereocenters. The highest BCUT2D eigenvalue weighted by molar-refractivity contribution is 9.10. The minimum Gasteiger partial charge on any atom is -0.480 e. The monoisotopic (exact) mass is 384 g/mol. The quantitative estimate of drug-likeness (QED) is 0.639. The summed E-state index contributed by atoms with van der Waals surface area (Å²) in [5.74, 6) is -1.56. The van der Waals surface area contributed by atoms with Crippen LogP contribution in [-0.2, 0) is 9.59 Å². The predicted molar refractivity (Wildman–Crippen MR) is 90.1 cm³/mol. The summed E-state index contributed by atoms with van der Waals surface area (Å²) < 4.78 is 0.873. The second-order valence-electron chi connectivity index (χ2n) is 5.60. The van der Waals surface area contributed by atoms with E-state index >= 15 is 0 Å². The Kier molecular flexibility index (Phi) is 7.74. The molecule has 0 saturated carbocycles. The van der Waals surface area contributed by atoms with Crippen LogP contribution in [0.5, 0.6) is 0 Å². The molecule has 0 aromatic heterocycles. The highest BCUT2D eigenvalue weighted by atomic mass is 79.9. The van der Waals surface area contributed by atoms with Crippen LogP contribution in [0.1, 0.15) is 37.0 Å². The maximum atomic E-state index is 11.9. The van der Waals surface area contributed by atoms with Gasteiger partial charge in [0.05, 0.1) is 0 Å². The lowest BCUT2D eigenvalue weighted by Crippen LogP contribution is -2.42. The van der Waals surface area contributed by atoms with Gasteiger partial charge in [0.25, 0.3) is 5.91 Å². The van der Waals surface area contributed by atoms with Crippen LogP contribution in [-0.4, -0.2) is 35.5 Å². The Balaban J connectivity index is 2.39. The number of hydrogen-bond acceptors (Lipinski definition) is 3. The van der Waals surface area contributed by atoms with Gasteiger partial charge in [-0.2, -0.15) is 0 Å². The predicted octanol–water partition coefficient (Wildman–Crippen LogP) is 2.18. The fourth-order valence-electron chi connectivity index (χ4n) is 1.95. The molecule has 6 nitrogen and oxygen atoms in total. The van der Waals surface area contributed by atoms with E-state index in [4.69, 9.17) is 5.11 Å². The summed E-state index contributed by atoms with van der Waals surface area (Å²) in [6.07, 6.45) is 0.399. The highest BCUT2D eigenvalue weighted by Gasteiger charge is 2.20. The highest BCUT2D eigenvalue weighted by Crippen LogP contribution is 2.10. The number of carboxylic acids is 1. The Morgan fingerprint density at radius 1 is 1.17 bits per heavy atom. The molecule has 126 valence electrons. The van der Waals surface area contributed by atoms with E-state index in [1.54, 1.807) is 24.3 Å². The van der Waals surface area contributed by atoms with Crippen molar-refractivity contribution < 1.29 is 19.5 Å². The van der Waals surface area contributed by atoms with E-state index < -0.39 is 17.9 Å². The molecule has 1 aromatic carbocycles.